The fourth-order valence-corrected chi connectivity index (χ4v) is 2.86. The van der Waals surface area contributed by atoms with Gasteiger partial charge >= 0.3 is 7.12 Å². The van der Waals surface area contributed by atoms with Gasteiger partial charge in [0.15, 0.2) is 0 Å². The highest BCUT2D eigenvalue weighted by Crippen LogP contribution is 2.35. The van der Waals surface area contributed by atoms with Crippen LogP contribution < -0.4 is 5.46 Å². The molecule has 0 aliphatic carbocycles. The summed E-state index contributed by atoms with van der Waals surface area (Å²) in [5, 5.41) is 10.9. The maximum Gasteiger partial charge on any atom is 0.492 e. The molecule has 1 aliphatic heterocycles. The standard InChI is InChI=1S/C15H11BFNO2/c17-12-6-3-5-11-14(12)15(20-16(11)19)10-8-18-13-7-2-1-4-9(10)13/h1-8,15,18-19H. The number of fused-ring (bicyclic) bond motifs is 2. The predicted molar refractivity (Wildman–Crippen MR) is 75.2 cm³/mol. The number of halogens is 1. The molecule has 1 unspecified atom stereocenters. The van der Waals surface area contributed by atoms with Crippen LogP contribution in [0.1, 0.15) is 17.2 Å². The fraction of sp³-hybridized carbons (Fsp3) is 0.0667. The van der Waals surface area contributed by atoms with E-state index in [-0.39, 0.29) is 5.82 Å². The summed E-state index contributed by atoms with van der Waals surface area (Å²) in [6, 6.07) is 12.4. The third kappa shape index (κ3) is 1.54. The van der Waals surface area contributed by atoms with Crippen molar-refractivity contribution in [2.45, 2.75) is 6.10 Å². The Hall–Kier alpha value is -2.11. The molecule has 2 heterocycles. The minimum atomic E-state index is -1.08. The molecule has 0 amide bonds. The van der Waals surface area contributed by atoms with Gasteiger partial charge < -0.3 is 14.7 Å². The molecule has 0 saturated heterocycles. The van der Waals surface area contributed by atoms with Crippen LogP contribution >= 0.6 is 0 Å². The summed E-state index contributed by atoms with van der Waals surface area (Å²) in [7, 11) is -1.08. The Labute approximate surface area is 115 Å². The number of hydrogen-bond donors (Lipinski definition) is 2. The molecule has 1 aromatic heterocycles. The lowest BCUT2D eigenvalue weighted by molar-refractivity contribution is 0.224. The summed E-state index contributed by atoms with van der Waals surface area (Å²) in [4.78, 5) is 3.15. The average Bonchev–Trinajstić information content (AvgIpc) is 3.01. The van der Waals surface area contributed by atoms with Gasteiger partial charge in [-0.2, -0.15) is 0 Å². The number of nitrogens with one attached hydrogen (secondary N) is 1. The molecule has 2 N–H and O–H groups in total. The van der Waals surface area contributed by atoms with Crippen LogP contribution in [0.15, 0.2) is 48.7 Å². The van der Waals surface area contributed by atoms with E-state index in [9.17, 15) is 9.41 Å². The van der Waals surface area contributed by atoms with Crippen LogP contribution in [0.3, 0.4) is 0 Å². The first-order chi connectivity index (χ1) is 9.75. The van der Waals surface area contributed by atoms with E-state index in [0.29, 0.717) is 11.0 Å². The van der Waals surface area contributed by atoms with Crippen molar-refractivity contribution in [3.63, 3.8) is 0 Å². The SMILES string of the molecule is OB1OC(c2c[nH]c3ccccc23)c2c(F)cccc21. The number of para-hydroxylation sites is 1. The molecule has 0 bridgehead atoms. The minimum absolute atomic E-state index is 0.352. The molecule has 0 fully saturated rings. The normalized spacial score (nSPS) is 17.7. The van der Waals surface area contributed by atoms with Crippen molar-refractivity contribution in [2.24, 2.45) is 0 Å². The molecule has 5 heteroatoms. The van der Waals surface area contributed by atoms with Gasteiger partial charge in [-0.3, -0.25) is 0 Å². The Morgan fingerprint density at radius 3 is 2.90 bits per heavy atom. The molecule has 2 aromatic carbocycles. The summed E-state index contributed by atoms with van der Waals surface area (Å²) < 4.78 is 19.7. The number of H-pyrrole nitrogens is 1. The molecule has 4 rings (SSSR count). The Kier molecular flexibility index (Phi) is 2.45. The van der Waals surface area contributed by atoms with Gasteiger partial charge in [-0.05, 0) is 17.6 Å². The zero-order valence-electron chi connectivity index (χ0n) is 10.5. The van der Waals surface area contributed by atoms with Crippen molar-refractivity contribution in [3.8, 4) is 0 Å². The van der Waals surface area contributed by atoms with Crippen molar-refractivity contribution in [2.75, 3.05) is 0 Å². The van der Waals surface area contributed by atoms with E-state index < -0.39 is 13.2 Å². The van der Waals surface area contributed by atoms with E-state index in [4.69, 9.17) is 4.65 Å². The number of rotatable bonds is 1. The molecule has 0 radical (unpaired) electrons. The van der Waals surface area contributed by atoms with E-state index in [2.05, 4.69) is 4.98 Å². The van der Waals surface area contributed by atoms with Gasteiger partial charge in [-0.25, -0.2) is 4.39 Å². The van der Waals surface area contributed by atoms with E-state index in [1.54, 1.807) is 12.1 Å². The third-order valence-corrected chi connectivity index (χ3v) is 3.78. The van der Waals surface area contributed by atoms with E-state index in [1.807, 2.05) is 30.5 Å². The van der Waals surface area contributed by atoms with Crippen LogP contribution in [-0.2, 0) is 4.65 Å². The Morgan fingerprint density at radius 1 is 1.15 bits per heavy atom. The molecule has 3 aromatic rings. The lowest BCUT2D eigenvalue weighted by Crippen LogP contribution is -2.28. The summed E-state index contributed by atoms with van der Waals surface area (Å²) >= 11 is 0. The van der Waals surface area contributed by atoms with Gasteiger partial charge in [0.2, 0.25) is 0 Å². The third-order valence-electron chi connectivity index (χ3n) is 3.78. The number of benzene rings is 2. The lowest BCUT2D eigenvalue weighted by Gasteiger charge is -2.12. The molecule has 0 spiro atoms. The highest BCUT2D eigenvalue weighted by molar-refractivity contribution is 6.61. The van der Waals surface area contributed by atoms with Crippen LogP contribution in [-0.4, -0.2) is 17.1 Å². The first kappa shape index (κ1) is 11.7. The van der Waals surface area contributed by atoms with Gasteiger partial charge in [0.25, 0.3) is 0 Å². The monoisotopic (exact) mass is 267 g/mol. The van der Waals surface area contributed by atoms with Crippen molar-refractivity contribution in [1.29, 1.82) is 0 Å². The number of aromatic amines is 1. The minimum Gasteiger partial charge on any atom is -0.423 e. The Morgan fingerprint density at radius 2 is 2.00 bits per heavy atom. The smallest absolute Gasteiger partial charge is 0.423 e. The molecule has 98 valence electrons. The van der Waals surface area contributed by atoms with Crippen molar-refractivity contribution >= 4 is 23.5 Å². The van der Waals surface area contributed by atoms with Crippen molar-refractivity contribution in [3.05, 3.63) is 65.6 Å². The van der Waals surface area contributed by atoms with Crippen LogP contribution in [0.2, 0.25) is 0 Å². The van der Waals surface area contributed by atoms with Crippen molar-refractivity contribution < 1.29 is 14.1 Å². The van der Waals surface area contributed by atoms with Crippen molar-refractivity contribution in [1.82, 2.24) is 4.98 Å². The lowest BCUT2D eigenvalue weighted by atomic mass is 9.79. The zero-order chi connectivity index (χ0) is 13.7. The van der Waals surface area contributed by atoms with Gasteiger partial charge in [0.1, 0.15) is 5.82 Å². The molecular formula is C15H11BFNO2. The summed E-state index contributed by atoms with van der Waals surface area (Å²) in [6.07, 6.45) is 1.22. The van der Waals surface area contributed by atoms with Crippen LogP contribution in [0, 0.1) is 5.82 Å². The average molecular weight is 267 g/mol. The first-order valence-corrected chi connectivity index (χ1v) is 6.43. The number of aromatic nitrogens is 1. The van der Waals surface area contributed by atoms with Gasteiger partial charge in [-0.15, -0.1) is 0 Å². The molecule has 20 heavy (non-hydrogen) atoms. The predicted octanol–water partition coefficient (Wildman–Crippen LogP) is 2.11. The quantitative estimate of drug-likeness (QED) is 0.663. The fourth-order valence-electron chi connectivity index (χ4n) is 2.86. The molecular weight excluding hydrogens is 256 g/mol. The topological polar surface area (TPSA) is 45.2 Å². The summed E-state index contributed by atoms with van der Waals surface area (Å²) in [5.74, 6) is -0.352. The van der Waals surface area contributed by atoms with E-state index in [0.717, 1.165) is 16.5 Å². The largest absolute Gasteiger partial charge is 0.492 e. The van der Waals surface area contributed by atoms with E-state index >= 15 is 0 Å². The molecule has 1 aliphatic rings. The first-order valence-electron chi connectivity index (χ1n) is 6.43. The second-order valence-corrected chi connectivity index (χ2v) is 4.90. The number of hydrogen-bond acceptors (Lipinski definition) is 2. The maximum absolute atomic E-state index is 14.1. The zero-order valence-corrected chi connectivity index (χ0v) is 10.5. The van der Waals surface area contributed by atoms with Gasteiger partial charge in [-0.1, -0.05) is 30.3 Å². The highest BCUT2D eigenvalue weighted by atomic mass is 19.1. The van der Waals surface area contributed by atoms with Gasteiger partial charge in [0, 0.05) is 28.2 Å². The molecule has 3 nitrogen and oxygen atoms in total. The second-order valence-electron chi connectivity index (χ2n) is 4.90. The van der Waals surface area contributed by atoms with Crippen LogP contribution in [0.25, 0.3) is 10.9 Å². The Balaban J connectivity index is 1.94. The Bertz CT molecular complexity index is 801. The summed E-state index contributed by atoms with van der Waals surface area (Å²) in [5.41, 5.74) is 2.72. The highest BCUT2D eigenvalue weighted by Gasteiger charge is 2.38. The van der Waals surface area contributed by atoms with E-state index in [1.165, 1.54) is 6.07 Å². The van der Waals surface area contributed by atoms with Gasteiger partial charge in [0.05, 0.1) is 6.10 Å². The van der Waals surface area contributed by atoms with Crippen LogP contribution in [0.4, 0.5) is 4.39 Å². The van der Waals surface area contributed by atoms with Crippen LogP contribution in [0.5, 0.6) is 0 Å². The molecule has 0 saturated carbocycles. The molecule has 1 atom stereocenters. The maximum atomic E-state index is 14.1. The summed E-state index contributed by atoms with van der Waals surface area (Å²) in [6.45, 7) is 0. The second kappa shape index (κ2) is 4.20.